The number of Topliss-reactive ketones (excluding diaryl/α,β-unsaturated/α-hetero) is 4. The summed E-state index contributed by atoms with van der Waals surface area (Å²) in [5.41, 5.74) is 2.40. The number of amides is 3. The van der Waals surface area contributed by atoms with Gasteiger partial charge in [-0.1, -0.05) is 140 Å². The molecule has 3 rings (SSSR count). The second-order valence-corrected chi connectivity index (χ2v) is 19.7. The predicted molar refractivity (Wildman–Crippen MR) is 303 cm³/mol. The average molecular weight is 1060 g/mol. The number of benzene rings is 3. The normalized spacial score (nSPS) is 13.7. The fraction of sp³-hybridized carbons (Fsp3) is 0.545. The Kier molecular flexibility index (Phi) is 32.1. The first-order chi connectivity index (χ1) is 33.7. The summed E-state index contributed by atoms with van der Waals surface area (Å²) in [4.78, 5) is 90.8. The highest BCUT2D eigenvalue weighted by atomic mass is 32.2. The van der Waals surface area contributed by atoms with Crippen molar-refractivity contribution in [1.29, 1.82) is 0 Å². The van der Waals surface area contributed by atoms with E-state index in [-0.39, 0.29) is 78.5 Å². The lowest BCUT2D eigenvalue weighted by Gasteiger charge is -2.37. The van der Waals surface area contributed by atoms with Crippen LogP contribution in [-0.2, 0) is 38.3 Å². The van der Waals surface area contributed by atoms with E-state index in [0.717, 1.165) is 16.7 Å². The zero-order valence-corrected chi connectivity index (χ0v) is 46.4. The minimum atomic E-state index is -0.775. The molecule has 0 saturated heterocycles. The van der Waals surface area contributed by atoms with Gasteiger partial charge in [-0.25, -0.2) is 4.79 Å². The molecule has 3 aromatic carbocycles. The number of nitrogens with zero attached hydrogens (tertiary/aromatic N) is 1. The quantitative estimate of drug-likeness (QED) is 0.0320. The van der Waals surface area contributed by atoms with Gasteiger partial charge in [0.2, 0.25) is 11.8 Å². The predicted octanol–water partition coefficient (Wildman–Crippen LogP) is 9.87. The van der Waals surface area contributed by atoms with E-state index in [4.69, 9.17) is 6.11 Å². The van der Waals surface area contributed by atoms with Crippen LogP contribution in [0.15, 0.2) is 91.0 Å². The van der Waals surface area contributed by atoms with Crippen molar-refractivity contribution in [2.75, 3.05) is 37.1 Å². The Hall–Kier alpha value is -4.09. The summed E-state index contributed by atoms with van der Waals surface area (Å²) in [5.74, 6) is -1.37. The van der Waals surface area contributed by atoms with Gasteiger partial charge in [0.05, 0.1) is 40.8 Å². The Bertz CT molecular complexity index is 1980. The van der Waals surface area contributed by atoms with Gasteiger partial charge in [-0.15, -0.1) is 11.8 Å². The fourth-order valence-corrected chi connectivity index (χ4v) is 10.1. The van der Waals surface area contributed by atoms with Crippen LogP contribution in [0, 0.1) is 11.8 Å². The summed E-state index contributed by atoms with van der Waals surface area (Å²) in [6.07, 6.45) is 0.823. The molecule has 0 bridgehead atoms. The van der Waals surface area contributed by atoms with Crippen molar-refractivity contribution in [3.63, 3.8) is 0 Å². The summed E-state index contributed by atoms with van der Waals surface area (Å²) >= 11 is 13.9. The maximum atomic E-state index is 14.1. The van der Waals surface area contributed by atoms with Crippen LogP contribution >= 0.6 is 49.6 Å². The van der Waals surface area contributed by atoms with E-state index in [0.29, 0.717) is 38.3 Å². The molecular formula is C55H84N4O8S4. The van der Waals surface area contributed by atoms with Crippen LogP contribution in [-0.4, -0.2) is 113 Å². The highest BCUT2D eigenvalue weighted by Crippen LogP contribution is 2.49. The van der Waals surface area contributed by atoms with Crippen molar-refractivity contribution >= 4 is 90.7 Å². The molecule has 0 aliphatic heterocycles. The van der Waals surface area contributed by atoms with E-state index >= 15 is 0 Å². The number of thiol groups is 3. The largest absolute Gasteiger partial charge is 0.444 e. The molecule has 12 nitrogen and oxygen atoms in total. The molecule has 3 aromatic rings. The van der Waals surface area contributed by atoms with Crippen molar-refractivity contribution in [3.8, 4) is 0 Å². The molecular weight excluding hydrogens is 973 g/mol. The Labute approximate surface area is 448 Å². The molecule has 0 aromatic heterocycles. The van der Waals surface area contributed by atoms with Crippen molar-refractivity contribution in [1.82, 2.24) is 20.9 Å². The summed E-state index contributed by atoms with van der Waals surface area (Å²) in [6, 6.07) is 28.1. The van der Waals surface area contributed by atoms with Crippen LogP contribution in [0.5, 0.6) is 0 Å². The smallest absolute Gasteiger partial charge is 0.410 e. The third kappa shape index (κ3) is 21.1. The van der Waals surface area contributed by atoms with E-state index in [1.165, 1.54) is 4.90 Å². The van der Waals surface area contributed by atoms with Gasteiger partial charge < -0.3 is 25.6 Å². The van der Waals surface area contributed by atoms with E-state index < -0.39 is 46.4 Å². The minimum absolute atomic E-state index is 0. The lowest BCUT2D eigenvalue weighted by molar-refractivity contribution is -0.133. The number of nitrogens with one attached hydrogen (secondary N) is 3. The van der Waals surface area contributed by atoms with Crippen LogP contribution in [0.25, 0.3) is 0 Å². The Morgan fingerprint density at radius 1 is 0.634 bits per heavy atom. The second-order valence-electron chi connectivity index (χ2n) is 17.4. The maximum Gasteiger partial charge on any atom is 0.410 e. The van der Waals surface area contributed by atoms with Gasteiger partial charge in [-0.05, 0) is 57.4 Å². The fourth-order valence-electron chi connectivity index (χ4n) is 7.47. The summed E-state index contributed by atoms with van der Waals surface area (Å²) in [6.45, 7) is 14.8. The number of likely N-dealkylation sites (N-methyl/N-ethyl adjacent to an activating group) is 2. The molecule has 3 N–H and O–H groups in total. The monoisotopic (exact) mass is 1060 g/mol. The zero-order chi connectivity index (χ0) is 53.7. The highest BCUT2D eigenvalue weighted by molar-refractivity contribution is 8.00. The van der Waals surface area contributed by atoms with Crippen molar-refractivity contribution in [2.45, 2.75) is 143 Å². The summed E-state index contributed by atoms with van der Waals surface area (Å²) in [7, 11) is 3.23. The molecule has 0 saturated carbocycles. The maximum absolute atomic E-state index is 14.1. The van der Waals surface area contributed by atoms with Gasteiger partial charge in [0.1, 0.15) is 5.60 Å². The van der Waals surface area contributed by atoms with Crippen LogP contribution in [0.3, 0.4) is 0 Å². The Morgan fingerprint density at radius 3 is 1.41 bits per heavy atom. The van der Waals surface area contributed by atoms with E-state index in [1.807, 2.05) is 68.4 Å². The Balaban J connectivity index is 0.00000169. The first-order valence-corrected chi connectivity index (χ1v) is 26.9. The second kappa shape index (κ2) is 35.1. The van der Waals surface area contributed by atoms with Gasteiger partial charge in [0.15, 0.2) is 23.1 Å². The molecule has 71 heavy (non-hydrogen) atoms. The molecule has 0 radical (unpaired) electrons. The van der Waals surface area contributed by atoms with Crippen LogP contribution in [0.2, 0.25) is 0 Å². The zero-order valence-electron chi connectivity index (χ0n) is 43.9. The van der Waals surface area contributed by atoms with Crippen LogP contribution in [0.4, 0.5) is 4.79 Å². The van der Waals surface area contributed by atoms with Gasteiger partial charge in [-0.3, -0.25) is 28.8 Å². The first-order valence-electron chi connectivity index (χ1n) is 24.7. The van der Waals surface area contributed by atoms with E-state index in [2.05, 4.69) is 90.2 Å². The Morgan fingerprint density at radius 2 is 1.04 bits per heavy atom. The number of ketones is 4. The molecule has 6 unspecified atom stereocenters. The topological polar surface area (TPSA) is 168 Å². The lowest BCUT2D eigenvalue weighted by atomic mass is 9.84. The molecule has 0 spiro atoms. The molecule has 16 heteroatoms. The summed E-state index contributed by atoms with van der Waals surface area (Å²) in [5, 5.41) is 8.45. The van der Waals surface area contributed by atoms with Crippen LogP contribution in [0.1, 0.15) is 126 Å². The van der Waals surface area contributed by atoms with Gasteiger partial charge >= 0.3 is 6.09 Å². The minimum Gasteiger partial charge on any atom is -0.444 e. The number of rotatable bonds is 27. The third-order valence-electron chi connectivity index (χ3n) is 11.4. The standard InChI is InChI=1S/C39H50N2O5S.C13H24N2O3S3.C2H6.CH4/c1-8-32(34(42)10-3)40-36(44)28(26-35(43)33(9-2)41(7)37(45)46-38(4,5)6)27-47-39(29-20-14-11-15-21-29,30-22-16-12-17-23-30)31-24-18-13-19-25-31;1-3-11(16)10(7-21)15-13(18)8(5-19)4-12(17)9(6-20)14-2;1-2;/h11-25,28,32-33H,8-10,26-27H2,1-7H3,(H,40,44);8-10,14,19-21H,3-7H2,1-2H3,(H,15,18);1-2H3;1H4/i;;1D;. The lowest BCUT2D eigenvalue weighted by Crippen LogP contribution is -2.47. The average Bonchev–Trinajstić information content (AvgIpc) is 3.37. The number of carbonyl (C=O) groups excluding carboxylic acids is 7. The first kappa shape index (κ1) is 64.9. The van der Waals surface area contributed by atoms with Gasteiger partial charge in [0.25, 0.3) is 0 Å². The summed E-state index contributed by atoms with van der Waals surface area (Å²) < 4.78 is 11.0. The molecule has 396 valence electrons. The van der Waals surface area contributed by atoms with Crippen LogP contribution < -0.4 is 16.0 Å². The number of hydrogen-bond donors (Lipinski definition) is 6. The number of thioether (sulfide) groups is 1. The molecule has 0 fully saturated rings. The van der Waals surface area contributed by atoms with Crippen molar-refractivity contribution in [2.24, 2.45) is 11.8 Å². The SMILES string of the molecule is C.CCC(=O)C(CC)NC(=O)C(CSC(c1ccccc1)(c1ccccc1)c1ccccc1)CC(=O)C(CC)N(C)C(=O)OC(C)(C)C.CCC(=O)C(CS)NC(=O)C(CS)CC(=O)C(CS)NC.[2H]CC. The molecule has 6 atom stereocenters. The number of hydrogen-bond acceptors (Lipinski definition) is 13. The van der Waals surface area contributed by atoms with Gasteiger partial charge in [-0.2, -0.15) is 37.9 Å². The molecule has 3 amide bonds. The van der Waals surface area contributed by atoms with Crippen molar-refractivity contribution < 1.29 is 39.7 Å². The molecule has 0 aliphatic rings. The van der Waals surface area contributed by atoms with Crippen molar-refractivity contribution in [3.05, 3.63) is 108 Å². The number of ether oxygens (including phenoxy) is 1. The number of carbonyl (C=O) groups is 7. The van der Waals surface area contributed by atoms with Gasteiger partial charge in [0, 0.05) is 57.1 Å². The molecule has 0 heterocycles. The highest BCUT2D eigenvalue weighted by Gasteiger charge is 2.40. The van der Waals surface area contributed by atoms with E-state index in [9.17, 15) is 33.6 Å². The van der Waals surface area contributed by atoms with E-state index in [1.54, 1.807) is 67.4 Å². The third-order valence-corrected chi connectivity index (χ3v) is 14.3. The molecule has 0 aliphatic carbocycles.